The van der Waals surface area contributed by atoms with Crippen LogP contribution in [0.25, 0.3) is 0 Å². The van der Waals surface area contributed by atoms with Crippen LogP contribution in [0.4, 0.5) is 0 Å². The van der Waals surface area contributed by atoms with Crippen molar-refractivity contribution in [3.05, 3.63) is 101 Å². The van der Waals surface area contributed by atoms with Crippen LogP contribution in [0.5, 0.6) is 0 Å². The molecule has 5 nitrogen and oxygen atoms in total. The zero-order chi connectivity index (χ0) is 20.9. The molecule has 29 heavy (non-hydrogen) atoms. The summed E-state index contributed by atoms with van der Waals surface area (Å²) in [5.74, 6) is -0.287. The highest BCUT2D eigenvalue weighted by Gasteiger charge is 2.24. The first kappa shape index (κ1) is 20.8. The average molecular weight is 409 g/mol. The molecule has 0 unspecified atom stereocenters. The van der Waals surface area contributed by atoms with E-state index in [0.29, 0.717) is 12.1 Å². The predicted molar refractivity (Wildman–Crippen MR) is 114 cm³/mol. The number of amides is 1. The first-order chi connectivity index (χ1) is 13.9. The van der Waals surface area contributed by atoms with Crippen molar-refractivity contribution in [2.75, 3.05) is 6.54 Å². The fourth-order valence-corrected chi connectivity index (χ4v) is 4.35. The van der Waals surface area contributed by atoms with Crippen molar-refractivity contribution < 1.29 is 13.2 Å². The van der Waals surface area contributed by atoms with Crippen LogP contribution in [-0.2, 0) is 10.0 Å². The second-order valence-electron chi connectivity index (χ2n) is 6.71. The van der Waals surface area contributed by atoms with Gasteiger partial charge in [-0.2, -0.15) is 4.72 Å². The molecule has 0 saturated heterocycles. The zero-order valence-corrected chi connectivity index (χ0v) is 17.2. The summed E-state index contributed by atoms with van der Waals surface area (Å²) < 4.78 is 29.2. The van der Waals surface area contributed by atoms with Gasteiger partial charge in [-0.1, -0.05) is 66.7 Å². The first-order valence-electron chi connectivity index (χ1n) is 9.43. The van der Waals surface area contributed by atoms with E-state index in [2.05, 4.69) is 10.0 Å². The Bertz CT molecular complexity index is 1040. The van der Waals surface area contributed by atoms with Crippen molar-refractivity contribution in [3.63, 3.8) is 0 Å². The van der Waals surface area contributed by atoms with Crippen LogP contribution in [0.1, 0.15) is 40.0 Å². The van der Waals surface area contributed by atoms with Gasteiger partial charge in [0.05, 0.1) is 10.9 Å². The van der Waals surface area contributed by atoms with E-state index >= 15 is 0 Å². The molecule has 2 N–H and O–H groups in total. The topological polar surface area (TPSA) is 75.3 Å². The lowest BCUT2D eigenvalue weighted by Gasteiger charge is -2.20. The van der Waals surface area contributed by atoms with Crippen LogP contribution in [0.2, 0.25) is 0 Å². The number of sulfonamides is 1. The Kier molecular flexibility index (Phi) is 6.46. The van der Waals surface area contributed by atoms with Gasteiger partial charge in [0.2, 0.25) is 10.0 Å². The summed E-state index contributed by atoms with van der Waals surface area (Å²) in [6.45, 7) is 4.07. The third-order valence-electron chi connectivity index (χ3n) is 4.64. The van der Waals surface area contributed by atoms with Gasteiger partial charge in [0.25, 0.3) is 5.91 Å². The van der Waals surface area contributed by atoms with Crippen LogP contribution in [0.15, 0.2) is 83.8 Å². The molecule has 6 heteroatoms. The van der Waals surface area contributed by atoms with Gasteiger partial charge in [-0.15, -0.1) is 0 Å². The molecule has 0 aromatic heterocycles. The van der Waals surface area contributed by atoms with Gasteiger partial charge in [-0.25, -0.2) is 8.42 Å². The second kappa shape index (κ2) is 9.03. The minimum atomic E-state index is -3.87. The molecule has 0 radical (unpaired) electrons. The lowest BCUT2D eigenvalue weighted by atomic mass is 10.00. The van der Waals surface area contributed by atoms with E-state index in [4.69, 9.17) is 0 Å². The number of nitrogens with one attached hydrogen (secondary N) is 2. The average Bonchev–Trinajstić information content (AvgIpc) is 2.73. The molecule has 0 bridgehead atoms. The van der Waals surface area contributed by atoms with E-state index < -0.39 is 16.1 Å². The fourth-order valence-electron chi connectivity index (χ4n) is 3.11. The monoisotopic (exact) mass is 408 g/mol. The Hall–Kier alpha value is -2.96. The van der Waals surface area contributed by atoms with E-state index in [0.717, 1.165) is 16.7 Å². The minimum Gasteiger partial charge on any atom is -0.352 e. The highest BCUT2D eigenvalue weighted by molar-refractivity contribution is 7.89. The van der Waals surface area contributed by atoms with Gasteiger partial charge in [0, 0.05) is 12.1 Å². The van der Waals surface area contributed by atoms with Gasteiger partial charge in [0.1, 0.15) is 0 Å². The maximum atomic E-state index is 13.2. The molecule has 0 heterocycles. The maximum absolute atomic E-state index is 13.2. The number of rotatable bonds is 7. The second-order valence-corrected chi connectivity index (χ2v) is 8.43. The Labute approximate surface area is 171 Å². The van der Waals surface area contributed by atoms with Crippen LogP contribution >= 0.6 is 0 Å². The summed E-state index contributed by atoms with van der Waals surface area (Å²) in [6.07, 6.45) is 0. The van der Waals surface area contributed by atoms with Crippen molar-refractivity contribution in [2.45, 2.75) is 24.8 Å². The fraction of sp³-hybridized carbons (Fsp3) is 0.174. The molecule has 1 amide bonds. The Balaban J connectivity index is 2.00. The molecule has 0 aliphatic rings. The Morgan fingerprint density at radius 3 is 1.97 bits per heavy atom. The highest BCUT2D eigenvalue weighted by atomic mass is 32.2. The number of benzene rings is 3. The lowest BCUT2D eigenvalue weighted by molar-refractivity contribution is 0.0955. The number of carbonyl (C=O) groups excluding carboxylic acids is 1. The van der Waals surface area contributed by atoms with Crippen molar-refractivity contribution in [1.82, 2.24) is 10.0 Å². The van der Waals surface area contributed by atoms with Gasteiger partial charge < -0.3 is 5.32 Å². The predicted octanol–water partition coefficient (Wildman–Crippen LogP) is 3.81. The third kappa shape index (κ3) is 4.91. The molecule has 3 aromatic carbocycles. The number of carbonyl (C=O) groups is 1. The molecule has 0 saturated carbocycles. The summed E-state index contributed by atoms with van der Waals surface area (Å²) >= 11 is 0. The first-order valence-corrected chi connectivity index (χ1v) is 10.9. The summed E-state index contributed by atoms with van der Waals surface area (Å²) in [7, 11) is -3.87. The number of hydrogen-bond acceptors (Lipinski definition) is 3. The summed E-state index contributed by atoms with van der Waals surface area (Å²) in [5, 5.41) is 2.72. The van der Waals surface area contributed by atoms with Crippen LogP contribution in [-0.4, -0.2) is 20.9 Å². The zero-order valence-electron chi connectivity index (χ0n) is 16.4. The van der Waals surface area contributed by atoms with Crippen molar-refractivity contribution in [3.8, 4) is 0 Å². The van der Waals surface area contributed by atoms with Crippen molar-refractivity contribution in [1.29, 1.82) is 0 Å². The molecular formula is C23H24N2O3S. The van der Waals surface area contributed by atoms with Crippen LogP contribution in [0.3, 0.4) is 0 Å². The minimum absolute atomic E-state index is 0.0567. The van der Waals surface area contributed by atoms with Gasteiger partial charge in [-0.05, 0) is 42.7 Å². The van der Waals surface area contributed by atoms with Crippen LogP contribution < -0.4 is 10.0 Å². The highest BCUT2D eigenvalue weighted by Crippen LogP contribution is 2.25. The Morgan fingerprint density at radius 2 is 1.45 bits per heavy atom. The smallest absolute Gasteiger partial charge is 0.251 e. The quantitative estimate of drug-likeness (QED) is 0.624. The molecule has 0 aliphatic heterocycles. The van der Waals surface area contributed by atoms with Gasteiger partial charge in [-0.3, -0.25) is 4.79 Å². The van der Waals surface area contributed by atoms with E-state index in [9.17, 15) is 13.2 Å². The molecule has 0 fully saturated rings. The molecule has 0 spiro atoms. The molecule has 150 valence electrons. The molecule has 3 rings (SSSR count). The van der Waals surface area contributed by atoms with E-state index in [1.54, 1.807) is 13.0 Å². The molecule has 3 aromatic rings. The summed E-state index contributed by atoms with van der Waals surface area (Å²) in [5.41, 5.74) is 2.74. The largest absolute Gasteiger partial charge is 0.352 e. The lowest BCUT2D eigenvalue weighted by Crippen LogP contribution is -2.30. The summed E-state index contributed by atoms with van der Waals surface area (Å²) in [6, 6.07) is 22.9. The maximum Gasteiger partial charge on any atom is 0.251 e. The van der Waals surface area contributed by atoms with E-state index in [1.807, 2.05) is 67.6 Å². The summed E-state index contributed by atoms with van der Waals surface area (Å²) in [4.78, 5) is 12.3. The molecule has 0 aliphatic carbocycles. The standard InChI is InChI=1S/C23H24N2O3S/c1-3-24-23(26)21-16-20(15-14-17(21)2)29(27,28)25-22(18-10-6-4-7-11-18)19-12-8-5-9-13-19/h4-16,22,25H,3H2,1-2H3,(H,24,26). The molecular weight excluding hydrogens is 384 g/mol. The van der Waals surface area contributed by atoms with Crippen molar-refractivity contribution >= 4 is 15.9 Å². The number of aryl methyl sites for hydroxylation is 1. The van der Waals surface area contributed by atoms with Gasteiger partial charge >= 0.3 is 0 Å². The van der Waals surface area contributed by atoms with Crippen LogP contribution in [0, 0.1) is 6.92 Å². The third-order valence-corrected chi connectivity index (χ3v) is 6.06. The molecule has 0 atom stereocenters. The SMILES string of the molecule is CCNC(=O)c1cc(S(=O)(=O)NC(c2ccccc2)c2ccccc2)ccc1C. The van der Waals surface area contributed by atoms with Crippen molar-refractivity contribution in [2.24, 2.45) is 0 Å². The van der Waals surface area contributed by atoms with Gasteiger partial charge in [0.15, 0.2) is 0 Å². The van der Waals surface area contributed by atoms with E-state index in [-0.39, 0.29) is 10.8 Å². The number of hydrogen-bond donors (Lipinski definition) is 2. The normalized spacial score (nSPS) is 11.4. The Morgan fingerprint density at radius 1 is 0.897 bits per heavy atom. The van der Waals surface area contributed by atoms with E-state index in [1.165, 1.54) is 12.1 Å².